The Morgan fingerprint density at radius 3 is 2.52 bits per heavy atom. The second-order valence-corrected chi connectivity index (χ2v) is 7.18. The van der Waals surface area contributed by atoms with E-state index in [0.717, 1.165) is 0 Å². The van der Waals surface area contributed by atoms with E-state index < -0.39 is 26.9 Å². The number of nitrogens with zero attached hydrogens (tertiary/aromatic N) is 2. The van der Waals surface area contributed by atoms with Crippen molar-refractivity contribution in [3.63, 3.8) is 0 Å². The number of pyridine rings is 1. The first-order valence-electron chi connectivity index (χ1n) is 6.18. The molecule has 2 aromatic rings. The largest absolute Gasteiger partial charge is 0.290 e. The van der Waals surface area contributed by atoms with E-state index in [4.69, 9.17) is 11.6 Å². The molecule has 21 heavy (non-hydrogen) atoms. The van der Waals surface area contributed by atoms with Crippen molar-refractivity contribution in [2.75, 3.05) is 10.7 Å². The van der Waals surface area contributed by atoms with Gasteiger partial charge < -0.3 is 0 Å². The Kier molecular flexibility index (Phi) is 3.43. The van der Waals surface area contributed by atoms with Crippen LogP contribution in [0, 0.1) is 0 Å². The minimum atomic E-state index is -3.59. The van der Waals surface area contributed by atoms with Crippen LogP contribution in [-0.2, 0) is 14.6 Å². The minimum Gasteiger partial charge on any atom is -0.290 e. The van der Waals surface area contributed by atoms with Crippen LogP contribution in [0.25, 0.3) is 0 Å². The molecular formula is C14H11ClN2O3S. The number of amides is 1. The van der Waals surface area contributed by atoms with Crippen LogP contribution in [0.5, 0.6) is 0 Å². The molecule has 5 nitrogen and oxygen atoms in total. The molecular weight excluding hydrogens is 312 g/mol. The molecule has 1 amide bonds. The molecule has 1 aromatic heterocycles. The molecule has 0 saturated carbocycles. The highest BCUT2D eigenvalue weighted by molar-refractivity contribution is 7.93. The van der Waals surface area contributed by atoms with Gasteiger partial charge in [-0.25, -0.2) is 8.42 Å². The first-order chi connectivity index (χ1) is 9.99. The predicted octanol–water partition coefficient (Wildman–Crippen LogP) is 2.20. The van der Waals surface area contributed by atoms with Gasteiger partial charge in [-0.05, 0) is 30.3 Å². The van der Waals surface area contributed by atoms with Gasteiger partial charge in [-0.3, -0.25) is 14.7 Å². The van der Waals surface area contributed by atoms with E-state index in [9.17, 15) is 13.2 Å². The molecule has 0 radical (unpaired) electrons. The van der Waals surface area contributed by atoms with Crippen LogP contribution in [0.4, 0.5) is 5.69 Å². The normalized spacial score (nSPS) is 20.7. The zero-order valence-electron chi connectivity index (χ0n) is 10.8. The Balaban J connectivity index is 2.13. The zero-order chi connectivity index (χ0) is 15.0. The van der Waals surface area contributed by atoms with Gasteiger partial charge >= 0.3 is 0 Å². The third-order valence-corrected chi connectivity index (χ3v) is 5.31. The van der Waals surface area contributed by atoms with E-state index in [-0.39, 0.29) is 0 Å². The molecule has 7 heteroatoms. The SMILES string of the molecule is O=C1CS(=O)(=O)[C@H](c2cccnc2)N1c1ccc(Cl)cc1. The maximum atomic E-state index is 12.3. The summed E-state index contributed by atoms with van der Waals surface area (Å²) < 4.78 is 24.6. The van der Waals surface area contributed by atoms with Crippen LogP contribution in [0.3, 0.4) is 0 Å². The number of hydrogen-bond donors (Lipinski definition) is 0. The van der Waals surface area contributed by atoms with Crippen molar-refractivity contribution < 1.29 is 13.2 Å². The summed E-state index contributed by atoms with van der Waals surface area (Å²) >= 11 is 5.83. The van der Waals surface area contributed by atoms with E-state index in [1.165, 1.54) is 11.1 Å². The quantitative estimate of drug-likeness (QED) is 0.850. The number of carbonyl (C=O) groups excluding carboxylic acids is 1. The lowest BCUT2D eigenvalue weighted by Gasteiger charge is -2.23. The first-order valence-corrected chi connectivity index (χ1v) is 8.27. The highest BCUT2D eigenvalue weighted by Gasteiger charge is 2.45. The van der Waals surface area contributed by atoms with Crippen molar-refractivity contribution in [2.24, 2.45) is 0 Å². The van der Waals surface area contributed by atoms with Gasteiger partial charge in [0.25, 0.3) is 0 Å². The van der Waals surface area contributed by atoms with E-state index in [2.05, 4.69) is 4.98 Å². The number of aromatic nitrogens is 1. The molecule has 1 fully saturated rings. The molecule has 3 rings (SSSR count). The Bertz CT molecular complexity index is 776. The topological polar surface area (TPSA) is 67.3 Å². The standard InChI is InChI=1S/C14H11ClN2O3S/c15-11-3-5-12(6-4-11)17-13(18)9-21(19,20)14(17)10-2-1-7-16-8-10/h1-8,14H,9H2/t14-/m1/s1. The molecule has 0 bridgehead atoms. The number of anilines is 1. The second kappa shape index (κ2) is 5.13. The molecule has 0 aliphatic carbocycles. The monoisotopic (exact) mass is 322 g/mol. The van der Waals surface area contributed by atoms with E-state index in [0.29, 0.717) is 16.3 Å². The van der Waals surface area contributed by atoms with Crippen LogP contribution in [-0.4, -0.2) is 25.1 Å². The fourth-order valence-electron chi connectivity index (χ4n) is 2.37. The number of sulfone groups is 1. The highest BCUT2D eigenvalue weighted by Crippen LogP contribution is 2.37. The van der Waals surface area contributed by atoms with E-state index in [1.54, 1.807) is 42.6 Å². The molecule has 0 N–H and O–H groups in total. The zero-order valence-corrected chi connectivity index (χ0v) is 12.4. The number of carbonyl (C=O) groups is 1. The molecule has 0 spiro atoms. The third kappa shape index (κ3) is 2.52. The lowest BCUT2D eigenvalue weighted by atomic mass is 10.2. The third-order valence-electron chi connectivity index (χ3n) is 3.24. The van der Waals surface area contributed by atoms with E-state index >= 15 is 0 Å². The van der Waals surface area contributed by atoms with Gasteiger partial charge in [-0.15, -0.1) is 0 Å². The van der Waals surface area contributed by atoms with Gasteiger partial charge in [-0.1, -0.05) is 17.7 Å². The summed E-state index contributed by atoms with van der Waals surface area (Å²) in [5, 5.41) is -0.522. The first kappa shape index (κ1) is 14.0. The second-order valence-electron chi connectivity index (χ2n) is 4.69. The Morgan fingerprint density at radius 1 is 1.19 bits per heavy atom. The van der Waals surface area contributed by atoms with Crippen LogP contribution >= 0.6 is 11.6 Å². The maximum absolute atomic E-state index is 12.3. The van der Waals surface area contributed by atoms with Crippen molar-refractivity contribution in [1.29, 1.82) is 0 Å². The van der Waals surface area contributed by atoms with Gasteiger partial charge in [0.15, 0.2) is 15.2 Å². The van der Waals surface area contributed by atoms with Gasteiger partial charge in [0.2, 0.25) is 5.91 Å². The number of halogens is 1. The molecule has 1 aliphatic rings. The summed E-state index contributed by atoms with van der Waals surface area (Å²) in [6.07, 6.45) is 3.02. The molecule has 0 unspecified atom stereocenters. The number of benzene rings is 1. The fourth-order valence-corrected chi connectivity index (χ4v) is 4.25. The average molecular weight is 323 g/mol. The van der Waals surface area contributed by atoms with Gasteiger partial charge in [0.1, 0.15) is 5.75 Å². The lowest BCUT2D eigenvalue weighted by Crippen LogP contribution is -2.29. The van der Waals surface area contributed by atoms with Crippen LogP contribution < -0.4 is 4.90 Å². The summed E-state index contributed by atoms with van der Waals surface area (Å²) in [6.45, 7) is 0. The summed E-state index contributed by atoms with van der Waals surface area (Å²) in [6, 6.07) is 9.80. The number of rotatable bonds is 2. The van der Waals surface area contributed by atoms with Crippen molar-refractivity contribution in [1.82, 2.24) is 4.98 Å². The summed E-state index contributed by atoms with van der Waals surface area (Å²) in [5.41, 5.74) is 0.970. The Labute approximate surface area is 127 Å². The van der Waals surface area contributed by atoms with Crippen molar-refractivity contribution in [3.8, 4) is 0 Å². The summed E-state index contributed by atoms with van der Waals surface area (Å²) in [5.74, 6) is -0.957. The van der Waals surface area contributed by atoms with Gasteiger partial charge in [0, 0.05) is 28.7 Å². The lowest BCUT2D eigenvalue weighted by molar-refractivity contribution is -0.115. The van der Waals surface area contributed by atoms with Crippen LogP contribution in [0.1, 0.15) is 10.9 Å². The molecule has 1 saturated heterocycles. The highest BCUT2D eigenvalue weighted by atomic mass is 35.5. The van der Waals surface area contributed by atoms with Gasteiger partial charge in [-0.2, -0.15) is 0 Å². The van der Waals surface area contributed by atoms with Crippen LogP contribution in [0.15, 0.2) is 48.8 Å². The number of hydrogen-bond acceptors (Lipinski definition) is 4. The molecule has 1 aliphatic heterocycles. The minimum absolute atomic E-state index is 0.453. The summed E-state index contributed by atoms with van der Waals surface area (Å²) in [7, 11) is -3.59. The van der Waals surface area contributed by atoms with Crippen molar-refractivity contribution >= 4 is 33.0 Å². The summed E-state index contributed by atoms with van der Waals surface area (Å²) in [4.78, 5) is 17.4. The maximum Gasteiger partial charge on any atom is 0.243 e. The molecule has 2 heterocycles. The Hall–Kier alpha value is -1.92. The molecule has 1 atom stereocenters. The average Bonchev–Trinajstić information content (AvgIpc) is 2.70. The molecule has 1 aromatic carbocycles. The van der Waals surface area contributed by atoms with Gasteiger partial charge in [0.05, 0.1) is 0 Å². The van der Waals surface area contributed by atoms with Crippen molar-refractivity contribution in [2.45, 2.75) is 5.37 Å². The Morgan fingerprint density at radius 2 is 1.90 bits per heavy atom. The van der Waals surface area contributed by atoms with E-state index in [1.807, 2.05) is 0 Å². The smallest absolute Gasteiger partial charge is 0.243 e. The van der Waals surface area contributed by atoms with Crippen molar-refractivity contribution in [3.05, 3.63) is 59.4 Å². The van der Waals surface area contributed by atoms with Crippen LogP contribution in [0.2, 0.25) is 5.02 Å². The fraction of sp³-hybridized carbons (Fsp3) is 0.143. The molecule has 108 valence electrons. The predicted molar refractivity (Wildman–Crippen MR) is 79.7 cm³/mol.